The van der Waals surface area contributed by atoms with Crippen LogP contribution < -0.4 is 4.31 Å². The molecule has 0 aliphatic heterocycles. The summed E-state index contributed by atoms with van der Waals surface area (Å²) in [6.45, 7) is 7.82. The molecule has 2 rings (SSSR count). The van der Waals surface area contributed by atoms with Crippen molar-refractivity contribution < 1.29 is 8.42 Å². The lowest BCUT2D eigenvalue weighted by Crippen LogP contribution is -2.31. The summed E-state index contributed by atoms with van der Waals surface area (Å²) in [7, 11) is -3.59. The highest BCUT2D eigenvalue weighted by Gasteiger charge is 2.25. The Morgan fingerprint density at radius 1 is 1.05 bits per heavy atom. The molecule has 0 spiro atoms. The molecule has 4 heteroatoms. The topological polar surface area (TPSA) is 37.4 Å². The standard InChI is InChI=1S/C17H19NO2S/c1-4-13-18(17-12-8-9-14(2)15(17)3)21(19,20)16-10-6-5-7-11-16/h4-12H,1,13H2,2-3H3. The number of benzene rings is 2. The second-order valence-electron chi connectivity index (χ2n) is 4.86. The predicted molar refractivity (Wildman–Crippen MR) is 87.1 cm³/mol. The van der Waals surface area contributed by atoms with Crippen molar-refractivity contribution in [1.29, 1.82) is 0 Å². The van der Waals surface area contributed by atoms with E-state index in [0.29, 0.717) is 5.69 Å². The highest BCUT2D eigenvalue weighted by atomic mass is 32.2. The Morgan fingerprint density at radius 2 is 1.71 bits per heavy atom. The largest absolute Gasteiger partial charge is 0.264 e. The predicted octanol–water partition coefficient (Wildman–Crippen LogP) is 3.68. The van der Waals surface area contributed by atoms with Crippen LogP contribution >= 0.6 is 0 Å². The van der Waals surface area contributed by atoms with Gasteiger partial charge in [-0.2, -0.15) is 0 Å². The van der Waals surface area contributed by atoms with Crippen molar-refractivity contribution in [2.24, 2.45) is 0 Å². The van der Waals surface area contributed by atoms with Gasteiger partial charge in [0, 0.05) is 0 Å². The molecule has 0 heterocycles. The second kappa shape index (κ2) is 6.14. The second-order valence-corrected chi connectivity index (χ2v) is 6.72. The van der Waals surface area contributed by atoms with E-state index >= 15 is 0 Å². The maximum atomic E-state index is 12.9. The first-order chi connectivity index (χ1) is 9.98. The maximum absolute atomic E-state index is 12.9. The Balaban J connectivity index is 2.59. The molecule has 0 bridgehead atoms. The molecular weight excluding hydrogens is 282 g/mol. The molecule has 3 nitrogen and oxygen atoms in total. The number of sulfonamides is 1. The van der Waals surface area contributed by atoms with Crippen molar-refractivity contribution >= 4 is 15.7 Å². The monoisotopic (exact) mass is 301 g/mol. The van der Waals surface area contributed by atoms with E-state index in [9.17, 15) is 8.42 Å². The van der Waals surface area contributed by atoms with Crippen LogP contribution in [0.5, 0.6) is 0 Å². The van der Waals surface area contributed by atoms with Crippen LogP contribution in [0.25, 0.3) is 0 Å². The van der Waals surface area contributed by atoms with Gasteiger partial charge in [-0.3, -0.25) is 4.31 Å². The summed E-state index contributed by atoms with van der Waals surface area (Å²) >= 11 is 0. The summed E-state index contributed by atoms with van der Waals surface area (Å²) in [5, 5.41) is 0. The lowest BCUT2D eigenvalue weighted by Gasteiger charge is -2.25. The third kappa shape index (κ3) is 3.00. The lowest BCUT2D eigenvalue weighted by molar-refractivity contribution is 0.592. The molecule has 110 valence electrons. The fourth-order valence-corrected chi connectivity index (χ4v) is 3.68. The fraction of sp³-hybridized carbons (Fsp3) is 0.176. The van der Waals surface area contributed by atoms with Gasteiger partial charge < -0.3 is 0 Å². The summed E-state index contributed by atoms with van der Waals surface area (Å²) in [6, 6.07) is 14.1. The molecule has 0 aliphatic rings. The van der Waals surface area contributed by atoms with Gasteiger partial charge in [0.05, 0.1) is 17.1 Å². The lowest BCUT2D eigenvalue weighted by atomic mass is 10.1. The smallest absolute Gasteiger partial charge is 0.262 e. The zero-order chi connectivity index (χ0) is 15.5. The molecule has 0 radical (unpaired) electrons. The van der Waals surface area contributed by atoms with Gasteiger partial charge in [-0.1, -0.05) is 36.4 Å². The van der Waals surface area contributed by atoms with Gasteiger partial charge in [0.2, 0.25) is 0 Å². The van der Waals surface area contributed by atoms with Crippen molar-refractivity contribution in [1.82, 2.24) is 0 Å². The van der Waals surface area contributed by atoms with Crippen LogP contribution in [0.1, 0.15) is 11.1 Å². The molecule has 2 aromatic carbocycles. The van der Waals surface area contributed by atoms with E-state index in [1.165, 1.54) is 4.31 Å². The Kier molecular flexibility index (Phi) is 4.48. The number of nitrogens with zero attached hydrogens (tertiary/aromatic N) is 1. The van der Waals surface area contributed by atoms with Crippen molar-refractivity contribution in [3.63, 3.8) is 0 Å². The van der Waals surface area contributed by atoms with E-state index in [2.05, 4.69) is 6.58 Å². The summed E-state index contributed by atoms with van der Waals surface area (Å²) < 4.78 is 27.1. The average Bonchev–Trinajstić information content (AvgIpc) is 2.49. The molecule has 0 aromatic heterocycles. The molecule has 0 fully saturated rings. The Labute approximate surface area is 126 Å². The minimum Gasteiger partial charge on any atom is -0.262 e. The van der Waals surface area contributed by atoms with Crippen LogP contribution in [-0.2, 0) is 10.0 Å². The van der Waals surface area contributed by atoms with Crippen molar-refractivity contribution in [2.75, 3.05) is 10.8 Å². The van der Waals surface area contributed by atoms with Crippen molar-refractivity contribution in [3.05, 3.63) is 72.3 Å². The van der Waals surface area contributed by atoms with Crippen LogP contribution in [0.4, 0.5) is 5.69 Å². The summed E-state index contributed by atoms with van der Waals surface area (Å²) in [6.07, 6.45) is 1.60. The zero-order valence-electron chi connectivity index (χ0n) is 12.3. The zero-order valence-corrected chi connectivity index (χ0v) is 13.1. The van der Waals surface area contributed by atoms with Gasteiger partial charge in [-0.25, -0.2) is 8.42 Å². The van der Waals surface area contributed by atoms with Crippen molar-refractivity contribution in [2.45, 2.75) is 18.7 Å². The first-order valence-corrected chi connectivity index (χ1v) is 8.17. The Bertz CT molecular complexity index is 737. The van der Waals surface area contributed by atoms with E-state index in [1.807, 2.05) is 32.0 Å². The van der Waals surface area contributed by atoms with Crippen LogP contribution in [0.15, 0.2) is 66.1 Å². The van der Waals surface area contributed by atoms with Crippen LogP contribution in [0.2, 0.25) is 0 Å². The fourth-order valence-electron chi connectivity index (χ4n) is 2.17. The highest BCUT2D eigenvalue weighted by molar-refractivity contribution is 7.92. The molecule has 0 amide bonds. The SMILES string of the molecule is C=CCN(c1cccc(C)c1C)S(=O)(=O)c1ccccc1. The Hall–Kier alpha value is -2.07. The molecule has 0 saturated carbocycles. The third-order valence-corrected chi connectivity index (χ3v) is 5.26. The number of anilines is 1. The normalized spacial score (nSPS) is 11.1. The minimum atomic E-state index is -3.59. The third-order valence-electron chi connectivity index (χ3n) is 3.47. The van der Waals surface area contributed by atoms with Gasteiger partial charge in [-0.15, -0.1) is 6.58 Å². The number of hydrogen-bond acceptors (Lipinski definition) is 2. The van der Waals surface area contributed by atoms with E-state index in [4.69, 9.17) is 0 Å². The number of aryl methyl sites for hydroxylation is 1. The minimum absolute atomic E-state index is 0.238. The molecule has 2 aromatic rings. The van der Waals surface area contributed by atoms with Gasteiger partial charge >= 0.3 is 0 Å². The van der Waals surface area contributed by atoms with E-state index in [0.717, 1.165) is 11.1 Å². The van der Waals surface area contributed by atoms with Crippen LogP contribution in [-0.4, -0.2) is 15.0 Å². The molecule has 0 aliphatic carbocycles. The first kappa shape index (κ1) is 15.3. The maximum Gasteiger partial charge on any atom is 0.264 e. The molecule has 0 atom stereocenters. The number of rotatable bonds is 5. The summed E-state index contributed by atoms with van der Waals surface area (Å²) in [4.78, 5) is 0.285. The molecule has 21 heavy (non-hydrogen) atoms. The average molecular weight is 301 g/mol. The summed E-state index contributed by atoms with van der Waals surface area (Å²) in [5.74, 6) is 0. The van der Waals surface area contributed by atoms with Gasteiger partial charge in [0.1, 0.15) is 0 Å². The molecule has 0 N–H and O–H groups in total. The van der Waals surface area contributed by atoms with E-state index in [-0.39, 0.29) is 11.4 Å². The van der Waals surface area contributed by atoms with E-state index in [1.54, 1.807) is 36.4 Å². The summed E-state index contributed by atoms with van der Waals surface area (Å²) in [5.41, 5.74) is 2.71. The quantitative estimate of drug-likeness (QED) is 0.790. The van der Waals surface area contributed by atoms with Gasteiger partial charge in [0.15, 0.2) is 0 Å². The van der Waals surface area contributed by atoms with E-state index < -0.39 is 10.0 Å². The van der Waals surface area contributed by atoms with Gasteiger partial charge in [0.25, 0.3) is 10.0 Å². The first-order valence-electron chi connectivity index (χ1n) is 6.73. The highest BCUT2D eigenvalue weighted by Crippen LogP contribution is 2.28. The van der Waals surface area contributed by atoms with Crippen LogP contribution in [0.3, 0.4) is 0 Å². The molecular formula is C17H19NO2S. The number of hydrogen-bond donors (Lipinski definition) is 0. The molecule has 0 unspecified atom stereocenters. The van der Waals surface area contributed by atoms with Crippen molar-refractivity contribution in [3.8, 4) is 0 Å². The van der Waals surface area contributed by atoms with Gasteiger partial charge in [-0.05, 0) is 43.2 Å². The molecule has 0 saturated heterocycles. The van der Waals surface area contributed by atoms with Crippen LogP contribution in [0, 0.1) is 13.8 Å². The Morgan fingerprint density at radius 3 is 2.33 bits per heavy atom.